The van der Waals surface area contributed by atoms with Crippen molar-refractivity contribution in [2.24, 2.45) is 5.92 Å². The van der Waals surface area contributed by atoms with Crippen LogP contribution in [0.25, 0.3) is 0 Å². The van der Waals surface area contributed by atoms with Crippen LogP contribution in [-0.4, -0.2) is 16.3 Å². The predicted molar refractivity (Wildman–Crippen MR) is 43.1 cm³/mol. The number of fused-ring (bicyclic) bond motifs is 2. The molecule has 2 rings (SSSR count). The first kappa shape index (κ1) is 6.47. The third kappa shape index (κ3) is 0.823. The molecule has 0 unspecified atom stereocenters. The van der Waals surface area contributed by atoms with Crippen molar-refractivity contribution in [2.75, 3.05) is 0 Å². The summed E-state index contributed by atoms with van der Waals surface area (Å²) in [5.74, 6) is 0.911. The molecule has 0 aromatic heterocycles. The zero-order valence-electron chi connectivity index (χ0n) is 5.91. The highest BCUT2D eigenvalue weighted by Crippen LogP contribution is 2.44. The van der Waals surface area contributed by atoms with Gasteiger partial charge in [0.2, 0.25) is 0 Å². The van der Waals surface area contributed by atoms with Crippen LogP contribution in [0.1, 0.15) is 13.3 Å². The van der Waals surface area contributed by atoms with E-state index in [2.05, 4.69) is 12.2 Å². The summed E-state index contributed by atoms with van der Waals surface area (Å²) in [7, 11) is 0. The van der Waals surface area contributed by atoms with E-state index in [-0.39, 0.29) is 5.25 Å². The number of carbonyl (C=O) groups is 1. The van der Waals surface area contributed by atoms with Crippen molar-refractivity contribution in [3.05, 3.63) is 12.2 Å². The maximum atomic E-state index is 11.0. The fraction of sp³-hybridized carbons (Fsp3) is 0.625. The highest BCUT2D eigenvalue weighted by molar-refractivity contribution is 8.01. The van der Waals surface area contributed by atoms with Crippen LogP contribution in [-0.2, 0) is 4.79 Å². The van der Waals surface area contributed by atoms with Gasteiger partial charge in [-0.15, -0.1) is 11.8 Å². The molecule has 0 saturated carbocycles. The predicted octanol–water partition coefficient (Wildman–Crippen LogP) is 1.64. The molecule has 54 valence electrons. The molecule has 3 atom stereocenters. The Morgan fingerprint density at radius 1 is 1.60 bits per heavy atom. The van der Waals surface area contributed by atoms with Crippen LogP contribution < -0.4 is 0 Å². The second-order valence-electron chi connectivity index (χ2n) is 2.99. The minimum atomic E-state index is 0.287. The van der Waals surface area contributed by atoms with Gasteiger partial charge in [0.05, 0.1) is 5.25 Å². The van der Waals surface area contributed by atoms with Crippen LogP contribution in [0.3, 0.4) is 0 Å². The zero-order valence-corrected chi connectivity index (χ0v) is 6.73. The molecular weight excluding hydrogens is 144 g/mol. The molecule has 0 amide bonds. The van der Waals surface area contributed by atoms with Crippen molar-refractivity contribution in [1.29, 1.82) is 0 Å². The minimum absolute atomic E-state index is 0.287. The second kappa shape index (κ2) is 2.12. The lowest BCUT2D eigenvalue weighted by Gasteiger charge is -2.12. The molecule has 2 aliphatic rings. The van der Waals surface area contributed by atoms with Gasteiger partial charge >= 0.3 is 0 Å². The number of thioether (sulfide) groups is 1. The molecule has 1 aliphatic carbocycles. The number of rotatable bonds is 1. The average Bonchev–Trinajstić information content (AvgIpc) is 2.44. The van der Waals surface area contributed by atoms with Crippen molar-refractivity contribution < 1.29 is 4.79 Å². The lowest BCUT2D eigenvalue weighted by Crippen LogP contribution is -2.18. The average molecular weight is 154 g/mol. The van der Waals surface area contributed by atoms with Crippen molar-refractivity contribution in [1.82, 2.24) is 0 Å². The molecular formula is C8H10OS. The molecule has 0 aromatic carbocycles. The van der Waals surface area contributed by atoms with E-state index in [0.29, 0.717) is 17.0 Å². The topological polar surface area (TPSA) is 17.1 Å². The summed E-state index contributed by atoms with van der Waals surface area (Å²) in [6.45, 7) is 1.70. The largest absolute Gasteiger partial charge is 0.299 e. The first-order valence-electron chi connectivity index (χ1n) is 3.61. The summed E-state index contributed by atoms with van der Waals surface area (Å²) in [6, 6.07) is 0. The quantitative estimate of drug-likeness (QED) is 0.534. The SMILES string of the molecule is CC(=O)[C@H]1S[C@@H]2C=C[C@H]1C2. The minimum Gasteiger partial charge on any atom is -0.299 e. The zero-order chi connectivity index (χ0) is 7.14. The van der Waals surface area contributed by atoms with Gasteiger partial charge in [-0.25, -0.2) is 0 Å². The molecule has 1 fully saturated rings. The van der Waals surface area contributed by atoms with Crippen LogP contribution >= 0.6 is 11.8 Å². The lowest BCUT2D eigenvalue weighted by molar-refractivity contribution is -0.116. The summed E-state index contributed by atoms with van der Waals surface area (Å²) in [5.41, 5.74) is 0. The molecule has 1 heterocycles. The molecule has 1 saturated heterocycles. The van der Waals surface area contributed by atoms with Gasteiger partial charge < -0.3 is 0 Å². The van der Waals surface area contributed by atoms with Crippen LogP contribution in [0.15, 0.2) is 12.2 Å². The summed E-state index contributed by atoms with van der Waals surface area (Å²) < 4.78 is 0. The molecule has 2 heteroatoms. The second-order valence-corrected chi connectivity index (χ2v) is 4.38. The highest BCUT2D eigenvalue weighted by Gasteiger charge is 2.38. The highest BCUT2D eigenvalue weighted by atomic mass is 32.2. The van der Waals surface area contributed by atoms with E-state index in [4.69, 9.17) is 0 Å². The van der Waals surface area contributed by atoms with Crippen LogP contribution in [0.4, 0.5) is 0 Å². The number of Topliss-reactive ketones (excluding diaryl/α,β-unsaturated/α-hetero) is 1. The van der Waals surface area contributed by atoms with E-state index < -0.39 is 0 Å². The smallest absolute Gasteiger partial charge is 0.143 e. The first-order chi connectivity index (χ1) is 4.77. The normalized spacial score (nSPS) is 42.7. The Bertz CT molecular complexity index is 197. The van der Waals surface area contributed by atoms with Crippen molar-refractivity contribution in [3.63, 3.8) is 0 Å². The van der Waals surface area contributed by atoms with Gasteiger partial charge in [-0.3, -0.25) is 4.79 Å². The lowest BCUT2D eigenvalue weighted by atomic mass is 10.0. The summed E-state index contributed by atoms with van der Waals surface area (Å²) >= 11 is 1.83. The van der Waals surface area contributed by atoms with Gasteiger partial charge in [-0.05, 0) is 19.3 Å². The molecule has 0 spiro atoms. The van der Waals surface area contributed by atoms with E-state index in [1.54, 1.807) is 6.92 Å². The van der Waals surface area contributed by atoms with Crippen molar-refractivity contribution in [3.8, 4) is 0 Å². The monoisotopic (exact) mass is 154 g/mol. The Kier molecular flexibility index (Phi) is 1.37. The third-order valence-electron chi connectivity index (χ3n) is 2.19. The fourth-order valence-electron chi connectivity index (χ4n) is 1.70. The van der Waals surface area contributed by atoms with Crippen molar-refractivity contribution in [2.45, 2.75) is 23.8 Å². The van der Waals surface area contributed by atoms with E-state index in [0.717, 1.165) is 0 Å². The van der Waals surface area contributed by atoms with E-state index >= 15 is 0 Å². The standard InChI is InChI=1S/C8H10OS/c1-5(9)8-6-2-3-7(4-6)10-8/h2-3,6-8H,4H2,1H3/t6-,7+,8+/m0/s1. The van der Waals surface area contributed by atoms with Gasteiger partial charge in [0.15, 0.2) is 0 Å². The van der Waals surface area contributed by atoms with Crippen LogP contribution in [0, 0.1) is 5.92 Å². The molecule has 0 N–H and O–H groups in total. The van der Waals surface area contributed by atoms with Crippen LogP contribution in [0.2, 0.25) is 0 Å². The Hall–Kier alpha value is -0.240. The Labute approximate surface area is 64.9 Å². The molecule has 2 bridgehead atoms. The molecule has 10 heavy (non-hydrogen) atoms. The van der Waals surface area contributed by atoms with E-state index in [1.165, 1.54) is 6.42 Å². The maximum absolute atomic E-state index is 11.0. The number of carbonyl (C=O) groups excluding carboxylic acids is 1. The Balaban J connectivity index is 2.16. The van der Waals surface area contributed by atoms with Gasteiger partial charge in [0, 0.05) is 5.25 Å². The number of allylic oxidation sites excluding steroid dienone is 1. The molecule has 1 nitrogen and oxygen atoms in total. The molecule has 1 aliphatic heterocycles. The third-order valence-corrected chi connectivity index (χ3v) is 3.86. The fourth-order valence-corrected chi connectivity index (χ4v) is 3.19. The molecule has 0 aromatic rings. The molecule has 0 radical (unpaired) electrons. The van der Waals surface area contributed by atoms with E-state index in [1.807, 2.05) is 11.8 Å². The number of hydrogen-bond donors (Lipinski definition) is 0. The van der Waals surface area contributed by atoms with Gasteiger partial charge in [-0.2, -0.15) is 0 Å². The van der Waals surface area contributed by atoms with Gasteiger partial charge in [0.1, 0.15) is 5.78 Å². The summed E-state index contributed by atoms with van der Waals surface area (Å²) in [6.07, 6.45) is 5.64. The number of hydrogen-bond acceptors (Lipinski definition) is 2. The Morgan fingerprint density at radius 2 is 2.40 bits per heavy atom. The number of ketones is 1. The van der Waals surface area contributed by atoms with E-state index in [9.17, 15) is 4.79 Å². The van der Waals surface area contributed by atoms with Crippen molar-refractivity contribution >= 4 is 17.5 Å². The van der Waals surface area contributed by atoms with Gasteiger partial charge in [0.25, 0.3) is 0 Å². The first-order valence-corrected chi connectivity index (χ1v) is 4.56. The van der Waals surface area contributed by atoms with Crippen LogP contribution in [0.5, 0.6) is 0 Å². The summed E-state index contributed by atoms with van der Waals surface area (Å²) in [5, 5.41) is 0.939. The summed E-state index contributed by atoms with van der Waals surface area (Å²) in [4.78, 5) is 11.0. The maximum Gasteiger partial charge on any atom is 0.143 e. The van der Waals surface area contributed by atoms with Gasteiger partial charge in [-0.1, -0.05) is 12.2 Å². The Morgan fingerprint density at radius 3 is 2.70 bits per heavy atom.